The van der Waals surface area contributed by atoms with Gasteiger partial charge in [-0.25, -0.2) is 4.39 Å². The summed E-state index contributed by atoms with van der Waals surface area (Å²) in [6.07, 6.45) is 0. The van der Waals surface area contributed by atoms with Crippen molar-refractivity contribution < 1.29 is 13.9 Å². The van der Waals surface area contributed by atoms with Crippen LogP contribution in [-0.4, -0.2) is 13.1 Å². The SMILES string of the molecule is COC(=O)C(N)c1ccccc1F.Cl. The lowest BCUT2D eigenvalue weighted by Gasteiger charge is -2.09. The summed E-state index contributed by atoms with van der Waals surface area (Å²) in [5.41, 5.74) is 5.58. The molecule has 1 aromatic carbocycles. The van der Waals surface area contributed by atoms with Crippen LogP contribution < -0.4 is 5.73 Å². The van der Waals surface area contributed by atoms with Crippen molar-refractivity contribution in [1.29, 1.82) is 0 Å². The van der Waals surface area contributed by atoms with Crippen molar-refractivity contribution in [3.63, 3.8) is 0 Å². The summed E-state index contributed by atoms with van der Waals surface area (Å²) in [6.45, 7) is 0. The van der Waals surface area contributed by atoms with Crippen molar-refractivity contribution in [1.82, 2.24) is 0 Å². The molecule has 1 rings (SSSR count). The van der Waals surface area contributed by atoms with Crippen LogP contribution >= 0.6 is 12.4 Å². The number of esters is 1. The number of hydrogen-bond acceptors (Lipinski definition) is 3. The van der Waals surface area contributed by atoms with Gasteiger partial charge in [0, 0.05) is 5.56 Å². The second kappa shape index (κ2) is 5.57. The molecule has 0 spiro atoms. The number of rotatable bonds is 2. The number of benzene rings is 1. The Kier molecular flexibility index (Phi) is 5.12. The van der Waals surface area contributed by atoms with E-state index < -0.39 is 17.8 Å². The molecule has 1 atom stereocenters. The molecule has 0 aromatic heterocycles. The summed E-state index contributed by atoms with van der Waals surface area (Å²) >= 11 is 0. The van der Waals surface area contributed by atoms with Gasteiger partial charge in [0.15, 0.2) is 0 Å². The van der Waals surface area contributed by atoms with E-state index >= 15 is 0 Å². The van der Waals surface area contributed by atoms with E-state index in [0.717, 1.165) is 0 Å². The maximum atomic E-state index is 13.0. The molecule has 0 aliphatic rings. The number of ether oxygens (including phenoxy) is 1. The minimum atomic E-state index is -1.05. The van der Waals surface area contributed by atoms with Gasteiger partial charge in [0.2, 0.25) is 0 Å². The Balaban J connectivity index is 0.00000169. The maximum absolute atomic E-state index is 13.0. The van der Waals surface area contributed by atoms with E-state index in [-0.39, 0.29) is 18.0 Å². The number of hydrogen-bond donors (Lipinski definition) is 1. The van der Waals surface area contributed by atoms with Crippen molar-refractivity contribution in [3.05, 3.63) is 35.6 Å². The first kappa shape index (κ1) is 12.9. The van der Waals surface area contributed by atoms with Crippen LogP contribution in [0, 0.1) is 5.82 Å². The average molecular weight is 220 g/mol. The lowest BCUT2D eigenvalue weighted by Crippen LogP contribution is -2.23. The molecule has 0 radical (unpaired) electrons. The molecule has 3 nitrogen and oxygen atoms in total. The molecule has 2 N–H and O–H groups in total. The van der Waals surface area contributed by atoms with Crippen LogP contribution in [0.4, 0.5) is 4.39 Å². The summed E-state index contributed by atoms with van der Waals surface area (Å²) in [4.78, 5) is 11.0. The highest BCUT2D eigenvalue weighted by Crippen LogP contribution is 2.15. The summed E-state index contributed by atoms with van der Waals surface area (Å²) in [7, 11) is 1.21. The number of nitrogens with two attached hydrogens (primary N) is 1. The number of carbonyl (C=O) groups is 1. The average Bonchev–Trinajstić information content (AvgIpc) is 2.16. The van der Waals surface area contributed by atoms with Gasteiger partial charge in [0.25, 0.3) is 0 Å². The summed E-state index contributed by atoms with van der Waals surface area (Å²) < 4.78 is 17.4. The van der Waals surface area contributed by atoms with E-state index in [1.54, 1.807) is 6.07 Å². The standard InChI is InChI=1S/C9H10FNO2.ClH/c1-13-9(12)8(11)6-4-2-3-5-7(6)10;/h2-5,8H,11H2,1H3;1H. The third kappa shape index (κ3) is 2.68. The molecule has 0 saturated heterocycles. The van der Waals surface area contributed by atoms with Crippen LogP contribution in [0.15, 0.2) is 24.3 Å². The molecule has 0 saturated carbocycles. The predicted octanol–water partition coefficient (Wildman–Crippen LogP) is 1.42. The maximum Gasteiger partial charge on any atom is 0.327 e. The van der Waals surface area contributed by atoms with Gasteiger partial charge in [-0.15, -0.1) is 12.4 Å². The molecule has 0 fully saturated rings. The zero-order valence-corrected chi connectivity index (χ0v) is 8.38. The quantitative estimate of drug-likeness (QED) is 0.766. The van der Waals surface area contributed by atoms with Crippen LogP contribution in [-0.2, 0) is 9.53 Å². The zero-order valence-electron chi connectivity index (χ0n) is 7.57. The fourth-order valence-corrected chi connectivity index (χ4v) is 0.981. The van der Waals surface area contributed by atoms with E-state index in [2.05, 4.69) is 4.74 Å². The molecule has 1 unspecified atom stereocenters. The van der Waals surface area contributed by atoms with Crippen LogP contribution in [0.3, 0.4) is 0 Å². The van der Waals surface area contributed by atoms with Crippen LogP contribution in [0.25, 0.3) is 0 Å². The molecule has 0 heterocycles. The number of halogens is 2. The molecule has 0 bridgehead atoms. The Labute approximate surface area is 87.5 Å². The zero-order chi connectivity index (χ0) is 9.84. The van der Waals surface area contributed by atoms with Gasteiger partial charge >= 0.3 is 5.97 Å². The van der Waals surface area contributed by atoms with E-state index in [4.69, 9.17) is 5.73 Å². The molecular formula is C9H11ClFNO2. The van der Waals surface area contributed by atoms with Crippen LogP contribution in [0.1, 0.15) is 11.6 Å². The molecule has 0 aliphatic carbocycles. The Morgan fingerprint density at radius 1 is 1.50 bits per heavy atom. The fourth-order valence-electron chi connectivity index (χ4n) is 0.981. The van der Waals surface area contributed by atoms with E-state index in [1.807, 2.05) is 0 Å². The van der Waals surface area contributed by atoms with E-state index in [9.17, 15) is 9.18 Å². The van der Waals surface area contributed by atoms with E-state index in [1.165, 1.54) is 25.3 Å². The topological polar surface area (TPSA) is 52.3 Å². The number of carbonyl (C=O) groups excluding carboxylic acids is 1. The molecular weight excluding hydrogens is 209 g/mol. The molecule has 14 heavy (non-hydrogen) atoms. The highest BCUT2D eigenvalue weighted by atomic mass is 35.5. The Bertz CT molecular complexity index is 319. The highest BCUT2D eigenvalue weighted by Gasteiger charge is 2.18. The molecule has 5 heteroatoms. The normalized spacial score (nSPS) is 11.4. The molecule has 0 aliphatic heterocycles. The largest absolute Gasteiger partial charge is 0.468 e. The van der Waals surface area contributed by atoms with Gasteiger partial charge in [-0.3, -0.25) is 4.79 Å². The lowest BCUT2D eigenvalue weighted by atomic mass is 10.1. The van der Waals surface area contributed by atoms with Gasteiger partial charge in [0.1, 0.15) is 11.9 Å². The Morgan fingerprint density at radius 3 is 2.57 bits per heavy atom. The van der Waals surface area contributed by atoms with Gasteiger partial charge in [0.05, 0.1) is 7.11 Å². The summed E-state index contributed by atoms with van der Waals surface area (Å²) in [5.74, 6) is -1.15. The second-order valence-corrected chi connectivity index (χ2v) is 2.52. The Hall–Kier alpha value is -1.13. The van der Waals surface area contributed by atoms with Crippen molar-refractivity contribution in [2.45, 2.75) is 6.04 Å². The third-order valence-electron chi connectivity index (χ3n) is 1.70. The van der Waals surface area contributed by atoms with Gasteiger partial charge in [-0.05, 0) is 6.07 Å². The van der Waals surface area contributed by atoms with Gasteiger partial charge < -0.3 is 10.5 Å². The van der Waals surface area contributed by atoms with Crippen molar-refractivity contribution in [2.24, 2.45) is 5.73 Å². The Morgan fingerprint density at radius 2 is 2.07 bits per heavy atom. The van der Waals surface area contributed by atoms with Crippen molar-refractivity contribution in [3.8, 4) is 0 Å². The molecule has 0 amide bonds. The first-order valence-corrected chi connectivity index (χ1v) is 3.74. The summed E-state index contributed by atoms with van der Waals surface area (Å²) in [6, 6.07) is 4.80. The predicted molar refractivity (Wildman–Crippen MR) is 52.6 cm³/mol. The number of methoxy groups -OCH3 is 1. The summed E-state index contributed by atoms with van der Waals surface area (Å²) in [5, 5.41) is 0. The minimum absolute atomic E-state index is 0. The van der Waals surface area contributed by atoms with Crippen molar-refractivity contribution >= 4 is 18.4 Å². The van der Waals surface area contributed by atoms with Crippen LogP contribution in [0.2, 0.25) is 0 Å². The highest BCUT2D eigenvalue weighted by molar-refractivity contribution is 5.85. The van der Waals surface area contributed by atoms with Crippen molar-refractivity contribution in [2.75, 3.05) is 7.11 Å². The van der Waals surface area contributed by atoms with Gasteiger partial charge in [-0.2, -0.15) is 0 Å². The first-order chi connectivity index (χ1) is 6.16. The van der Waals surface area contributed by atoms with Crippen LogP contribution in [0.5, 0.6) is 0 Å². The lowest BCUT2D eigenvalue weighted by molar-refractivity contribution is -0.142. The second-order valence-electron chi connectivity index (χ2n) is 2.52. The first-order valence-electron chi connectivity index (χ1n) is 3.74. The van der Waals surface area contributed by atoms with Gasteiger partial charge in [-0.1, -0.05) is 18.2 Å². The molecule has 78 valence electrons. The fraction of sp³-hybridized carbons (Fsp3) is 0.222. The third-order valence-corrected chi connectivity index (χ3v) is 1.70. The molecule has 1 aromatic rings. The van der Waals surface area contributed by atoms with E-state index in [0.29, 0.717) is 0 Å². The minimum Gasteiger partial charge on any atom is -0.468 e. The monoisotopic (exact) mass is 219 g/mol. The smallest absolute Gasteiger partial charge is 0.327 e.